The molecule has 0 radical (unpaired) electrons. The van der Waals surface area contributed by atoms with Crippen molar-refractivity contribution in [3.8, 4) is 17.2 Å². The molecule has 1 N–H and O–H groups in total. The fourth-order valence-electron chi connectivity index (χ4n) is 4.29. The van der Waals surface area contributed by atoms with E-state index < -0.39 is 0 Å². The molecule has 0 aliphatic rings. The Morgan fingerprint density at radius 2 is 1.74 bits per heavy atom. The first-order valence-corrected chi connectivity index (χ1v) is 11.0. The molecule has 0 spiro atoms. The number of benzene rings is 2. The number of carbonyl (C=O) groups is 1. The van der Waals surface area contributed by atoms with Gasteiger partial charge in [-0.05, 0) is 50.1 Å². The molecule has 8 heteroatoms. The fraction of sp³-hybridized carbons (Fsp3) is 0.269. The average Bonchev–Trinajstić information content (AvgIpc) is 3.20. The Morgan fingerprint density at radius 3 is 2.41 bits per heavy atom. The third-order valence-corrected chi connectivity index (χ3v) is 6.01. The van der Waals surface area contributed by atoms with Gasteiger partial charge in [0.05, 0.1) is 25.6 Å². The molecule has 2 aromatic carbocycles. The van der Waals surface area contributed by atoms with E-state index in [-0.39, 0.29) is 17.9 Å². The van der Waals surface area contributed by atoms with Crippen LogP contribution in [0.5, 0.6) is 11.5 Å². The molecule has 0 fully saturated rings. The van der Waals surface area contributed by atoms with Crippen LogP contribution in [0.1, 0.15) is 23.2 Å². The van der Waals surface area contributed by atoms with Crippen LogP contribution < -0.4 is 20.3 Å². The van der Waals surface area contributed by atoms with E-state index in [1.807, 2.05) is 44.2 Å². The summed E-state index contributed by atoms with van der Waals surface area (Å²) in [4.78, 5) is 25.9. The van der Waals surface area contributed by atoms with Crippen LogP contribution in [0.2, 0.25) is 0 Å². The lowest BCUT2D eigenvalue weighted by Gasteiger charge is -2.13. The normalized spacial score (nSPS) is 11.0. The van der Waals surface area contributed by atoms with Gasteiger partial charge in [0.25, 0.3) is 5.56 Å². The molecule has 34 heavy (non-hydrogen) atoms. The lowest BCUT2D eigenvalue weighted by atomic mass is 10.0. The van der Waals surface area contributed by atoms with E-state index in [1.165, 1.54) is 0 Å². The number of para-hydroxylation sites is 1. The molecule has 0 aliphatic carbocycles. The van der Waals surface area contributed by atoms with E-state index in [1.54, 1.807) is 48.7 Å². The van der Waals surface area contributed by atoms with Crippen molar-refractivity contribution >= 4 is 22.6 Å². The number of carbonyl (C=O) groups excluding carboxylic acids is 1. The Bertz CT molecular complexity index is 1420. The Labute approximate surface area is 197 Å². The van der Waals surface area contributed by atoms with Crippen molar-refractivity contribution in [1.29, 1.82) is 0 Å². The first-order valence-electron chi connectivity index (χ1n) is 11.0. The van der Waals surface area contributed by atoms with E-state index in [0.717, 1.165) is 28.0 Å². The van der Waals surface area contributed by atoms with Crippen LogP contribution in [0.4, 0.5) is 5.69 Å². The fourth-order valence-corrected chi connectivity index (χ4v) is 4.29. The van der Waals surface area contributed by atoms with Gasteiger partial charge < -0.3 is 14.8 Å². The molecule has 4 rings (SSSR count). The molecular weight excluding hydrogens is 432 g/mol. The second-order valence-electron chi connectivity index (χ2n) is 8.12. The number of nitrogens with zero attached hydrogens (tertiary/aromatic N) is 3. The summed E-state index contributed by atoms with van der Waals surface area (Å²) < 4.78 is 13.9. The van der Waals surface area contributed by atoms with E-state index in [2.05, 4.69) is 5.32 Å². The molecule has 2 heterocycles. The molecular formula is C26H28N4O4. The summed E-state index contributed by atoms with van der Waals surface area (Å²) in [6, 6.07) is 14.9. The third kappa shape index (κ3) is 4.14. The molecule has 0 saturated carbocycles. The predicted molar refractivity (Wildman–Crippen MR) is 132 cm³/mol. The zero-order valence-corrected chi connectivity index (χ0v) is 20.0. The van der Waals surface area contributed by atoms with E-state index in [4.69, 9.17) is 14.6 Å². The standard InChI is InChI=1S/C26H28N4O4/c1-16-20(12-14-23(31)27-18-11-13-21(33-4)22(15-18)34-5)26(32)29(3)25-24(16)17(2)28-30(25)19-9-7-6-8-10-19/h6-11,13,15H,12,14H2,1-5H3,(H,27,31). The van der Waals surface area contributed by atoms with Gasteiger partial charge in [0.15, 0.2) is 11.5 Å². The van der Waals surface area contributed by atoms with E-state index in [9.17, 15) is 9.59 Å². The van der Waals surface area contributed by atoms with Crippen LogP contribution in [0.25, 0.3) is 16.7 Å². The summed E-state index contributed by atoms with van der Waals surface area (Å²) in [5.74, 6) is 0.922. The number of pyridine rings is 1. The minimum atomic E-state index is -0.189. The van der Waals surface area contributed by atoms with Gasteiger partial charge in [0.2, 0.25) is 5.91 Å². The number of rotatable bonds is 7. The van der Waals surface area contributed by atoms with Crippen LogP contribution >= 0.6 is 0 Å². The zero-order chi connectivity index (χ0) is 24.4. The first-order chi connectivity index (χ1) is 16.3. The molecule has 0 unspecified atom stereocenters. The number of methoxy groups -OCH3 is 2. The number of ether oxygens (including phenoxy) is 2. The summed E-state index contributed by atoms with van der Waals surface area (Å²) in [5.41, 5.74) is 4.42. The Kier molecular flexibility index (Phi) is 6.40. The quantitative estimate of drug-likeness (QED) is 0.452. The highest BCUT2D eigenvalue weighted by Crippen LogP contribution is 2.30. The van der Waals surface area contributed by atoms with Gasteiger partial charge in [-0.2, -0.15) is 5.10 Å². The van der Waals surface area contributed by atoms with Crippen molar-refractivity contribution in [3.05, 3.63) is 75.7 Å². The summed E-state index contributed by atoms with van der Waals surface area (Å²) >= 11 is 0. The highest BCUT2D eigenvalue weighted by Gasteiger charge is 2.20. The zero-order valence-electron chi connectivity index (χ0n) is 20.0. The van der Waals surface area contributed by atoms with Gasteiger partial charge in [-0.3, -0.25) is 14.2 Å². The Morgan fingerprint density at radius 1 is 1.03 bits per heavy atom. The van der Waals surface area contributed by atoms with E-state index in [0.29, 0.717) is 29.2 Å². The molecule has 8 nitrogen and oxygen atoms in total. The molecule has 0 atom stereocenters. The Balaban J connectivity index is 1.61. The maximum absolute atomic E-state index is 13.3. The van der Waals surface area contributed by atoms with Crippen molar-refractivity contribution < 1.29 is 14.3 Å². The minimum absolute atomic E-state index is 0.124. The second kappa shape index (κ2) is 9.43. The van der Waals surface area contributed by atoms with Crippen molar-refractivity contribution in [2.24, 2.45) is 7.05 Å². The molecule has 4 aromatic rings. The summed E-state index contributed by atoms with van der Waals surface area (Å²) in [5, 5.41) is 8.50. The number of nitrogens with one attached hydrogen (secondary N) is 1. The third-order valence-electron chi connectivity index (χ3n) is 6.01. The van der Waals surface area contributed by atoms with Crippen LogP contribution in [-0.2, 0) is 18.3 Å². The molecule has 0 saturated heterocycles. The summed E-state index contributed by atoms with van der Waals surface area (Å²) in [6.07, 6.45) is 0.491. The number of hydrogen-bond donors (Lipinski definition) is 1. The van der Waals surface area contributed by atoms with Gasteiger partial charge in [0.1, 0.15) is 5.65 Å². The number of anilines is 1. The van der Waals surface area contributed by atoms with Crippen molar-refractivity contribution in [1.82, 2.24) is 14.3 Å². The van der Waals surface area contributed by atoms with Gasteiger partial charge in [0, 0.05) is 36.2 Å². The van der Waals surface area contributed by atoms with Crippen LogP contribution in [0, 0.1) is 13.8 Å². The van der Waals surface area contributed by atoms with Gasteiger partial charge in [-0.15, -0.1) is 0 Å². The topological polar surface area (TPSA) is 87.4 Å². The van der Waals surface area contributed by atoms with Gasteiger partial charge >= 0.3 is 0 Å². The maximum Gasteiger partial charge on any atom is 0.255 e. The molecule has 176 valence electrons. The SMILES string of the molecule is COc1ccc(NC(=O)CCc2c(C)c3c(C)nn(-c4ccccc4)c3n(C)c2=O)cc1OC. The summed E-state index contributed by atoms with van der Waals surface area (Å²) in [6.45, 7) is 3.86. The lowest BCUT2D eigenvalue weighted by molar-refractivity contribution is -0.116. The minimum Gasteiger partial charge on any atom is -0.493 e. The van der Waals surface area contributed by atoms with E-state index >= 15 is 0 Å². The molecule has 0 bridgehead atoms. The monoisotopic (exact) mass is 460 g/mol. The average molecular weight is 461 g/mol. The largest absolute Gasteiger partial charge is 0.493 e. The molecule has 0 aliphatic heterocycles. The maximum atomic E-state index is 13.3. The Hall–Kier alpha value is -4.07. The number of aromatic nitrogens is 3. The number of fused-ring (bicyclic) bond motifs is 1. The molecule has 1 amide bonds. The van der Waals surface area contributed by atoms with Gasteiger partial charge in [-0.25, -0.2) is 4.68 Å². The van der Waals surface area contributed by atoms with Crippen LogP contribution in [-0.4, -0.2) is 34.5 Å². The number of hydrogen-bond acceptors (Lipinski definition) is 5. The molecule has 2 aromatic heterocycles. The second-order valence-corrected chi connectivity index (χ2v) is 8.12. The first kappa shape index (κ1) is 23.1. The number of amides is 1. The van der Waals surface area contributed by atoms with Crippen molar-refractivity contribution in [2.75, 3.05) is 19.5 Å². The van der Waals surface area contributed by atoms with Gasteiger partial charge in [-0.1, -0.05) is 18.2 Å². The van der Waals surface area contributed by atoms with Crippen LogP contribution in [0.3, 0.4) is 0 Å². The van der Waals surface area contributed by atoms with Crippen molar-refractivity contribution in [2.45, 2.75) is 26.7 Å². The van der Waals surface area contributed by atoms with Crippen molar-refractivity contribution in [3.63, 3.8) is 0 Å². The lowest BCUT2D eigenvalue weighted by Crippen LogP contribution is -2.25. The predicted octanol–water partition coefficient (Wildman–Crippen LogP) is 3.93. The van der Waals surface area contributed by atoms with Crippen LogP contribution in [0.15, 0.2) is 53.3 Å². The number of aryl methyl sites for hydroxylation is 3. The highest BCUT2D eigenvalue weighted by molar-refractivity contribution is 5.91. The smallest absolute Gasteiger partial charge is 0.255 e. The summed E-state index contributed by atoms with van der Waals surface area (Å²) in [7, 11) is 4.85. The highest BCUT2D eigenvalue weighted by atomic mass is 16.5.